The van der Waals surface area contributed by atoms with Gasteiger partial charge in [0, 0.05) is 17.1 Å². The minimum Gasteiger partial charge on any atom is -0.485 e. The van der Waals surface area contributed by atoms with Gasteiger partial charge in [-0.1, -0.05) is 35.3 Å². The third-order valence-electron chi connectivity index (χ3n) is 4.67. The summed E-state index contributed by atoms with van der Waals surface area (Å²) >= 11 is 12.0. The predicted molar refractivity (Wildman–Crippen MR) is 123 cm³/mol. The summed E-state index contributed by atoms with van der Waals surface area (Å²) in [7, 11) is 0. The van der Waals surface area contributed by atoms with Crippen molar-refractivity contribution in [2.24, 2.45) is 0 Å². The minimum absolute atomic E-state index is 0.0227. The molecule has 10 heteroatoms. The molecule has 1 N–H and O–H groups in total. The van der Waals surface area contributed by atoms with Gasteiger partial charge in [-0.2, -0.15) is 9.50 Å². The largest absolute Gasteiger partial charge is 0.485 e. The number of hydrogen-bond donors (Lipinski definition) is 1. The number of hydrogen-bond acceptors (Lipinski definition) is 5. The second-order valence-corrected chi connectivity index (χ2v) is 8.12. The third-order valence-corrected chi connectivity index (χ3v) is 5.22. The maximum atomic E-state index is 12.7. The number of benzene rings is 2. The number of halogens is 2. The Morgan fingerprint density at radius 2 is 1.94 bits per heavy atom. The molecule has 0 atom stereocenters. The van der Waals surface area contributed by atoms with Crippen molar-refractivity contribution >= 4 is 40.6 Å². The van der Waals surface area contributed by atoms with Crippen LogP contribution in [0.15, 0.2) is 59.7 Å². The van der Waals surface area contributed by atoms with E-state index in [1.165, 1.54) is 16.6 Å². The first kappa shape index (κ1) is 21.9. The third kappa shape index (κ3) is 4.46. The van der Waals surface area contributed by atoms with Gasteiger partial charge in [0.1, 0.15) is 18.7 Å². The molecular formula is C22H19Cl2N5O3. The molecule has 1 amide bonds. The summed E-state index contributed by atoms with van der Waals surface area (Å²) < 4.78 is 8.98. The second kappa shape index (κ2) is 9.02. The summed E-state index contributed by atoms with van der Waals surface area (Å²) in [6.45, 7) is 3.93. The molecule has 0 radical (unpaired) electrons. The number of carbonyl (C=O) groups is 1. The summed E-state index contributed by atoms with van der Waals surface area (Å²) in [6, 6.07) is 13.1. The van der Waals surface area contributed by atoms with Crippen molar-refractivity contribution in [3.63, 3.8) is 0 Å². The Morgan fingerprint density at radius 3 is 2.69 bits per heavy atom. The van der Waals surface area contributed by atoms with Crippen LogP contribution >= 0.6 is 23.2 Å². The highest BCUT2D eigenvalue weighted by Gasteiger charge is 2.15. The van der Waals surface area contributed by atoms with E-state index in [0.29, 0.717) is 27.9 Å². The maximum Gasteiger partial charge on any atom is 0.274 e. The van der Waals surface area contributed by atoms with Crippen molar-refractivity contribution in [1.82, 2.24) is 19.2 Å². The minimum atomic E-state index is -0.403. The molecular weight excluding hydrogens is 453 g/mol. The molecule has 2 aromatic heterocycles. The summed E-state index contributed by atoms with van der Waals surface area (Å²) in [5, 5.41) is 3.47. The van der Waals surface area contributed by atoms with Crippen LogP contribution in [0.1, 0.15) is 35.9 Å². The van der Waals surface area contributed by atoms with E-state index in [2.05, 4.69) is 15.3 Å². The van der Waals surface area contributed by atoms with Crippen molar-refractivity contribution in [2.75, 3.05) is 5.32 Å². The molecule has 32 heavy (non-hydrogen) atoms. The SMILES string of the molecule is CC(C)n1cnc2nc(COc3ccccc3NC(=O)c3ccc(Cl)cc3Cl)cc(=O)n21. The lowest BCUT2D eigenvalue weighted by molar-refractivity contribution is 0.102. The van der Waals surface area contributed by atoms with Crippen LogP contribution in [0.4, 0.5) is 5.69 Å². The van der Waals surface area contributed by atoms with Gasteiger partial charge in [0.2, 0.25) is 0 Å². The quantitative estimate of drug-likeness (QED) is 0.443. The number of carbonyl (C=O) groups excluding carboxylic acids is 1. The average Bonchev–Trinajstić information content (AvgIpc) is 3.18. The maximum absolute atomic E-state index is 12.7. The van der Waals surface area contributed by atoms with Crippen LogP contribution in [0.5, 0.6) is 5.75 Å². The van der Waals surface area contributed by atoms with E-state index in [0.717, 1.165) is 0 Å². The van der Waals surface area contributed by atoms with E-state index in [-0.39, 0.29) is 28.8 Å². The van der Waals surface area contributed by atoms with Gasteiger partial charge in [-0.05, 0) is 44.2 Å². The molecule has 0 bridgehead atoms. The van der Waals surface area contributed by atoms with Crippen LogP contribution < -0.4 is 15.6 Å². The molecule has 0 fully saturated rings. The molecule has 164 valence electrons. The fourth-order valence-corrected chi connectivity index (χ4v) is 3.62. The molecule has 4 aromatic rings. The van der Waals surface area contributed by atoms with E-state index >= 15 is 0 Å². The van der Waals surface area contributed by atoms with Crippen molar-refractivity contribution in [1.29, 1.82) is 0 Å². The van der Waals surface area contributed by atoms with Gasteiger partial charge in [-0.3, -0.25) is 14.3 Å². The molecule has 2 heterocycles. The molecule has 0 aliphatic carbocycles. The topological polar surface area (TPSA) is 90.5 Å². The lowest BCUT2D eigenvalue weighted by atomic mass is 10.2. The van der Waals surface area contributed by atoms with Crippen molar-refractivity contribution in [2.45, 2.75) is 26.5 Å². The molecule has 2 aromatic carbocycles. The molecule has 0 spiro atoms. The number of ether oxygens (including phenoxy) is 1. The smallest absolute Gasteiger partial charge is 0.274 e. The highest BCUT2D eigenvalue weighted by atomic mass is 35.5. The summed E-state index contributed by atoms with van der Waals surface area (Å²) in [4.78, 5) is 33.8. The normalized spacial score (nSPS) is 11.2. The van der Waals surface area contributed by atoms with Crippen LogP contribution in [0.3, 0.4) is 0 Å². The lowest BCUT2D eigenvalue weighted by Gasteiger charge is -2.13. The van der Waals surface area contributed by atoms with Crippen LogP contribution in [0, 0.1) is 0 Å². The Kier molecular flexibility index (Phi) is 6.16. The molecule has 0 saturated heterocycles. The second-order valence-electron chi connectivity index (χ2n) is 7.28. The molecule has 0 aliphatic rings. The number of para-hydroxylation sites is 2. The van der Waals surface area contributed by atoms with Crippen LogP contribution in [-0.4, -0.2) is 25.1 Å². The fraction of sp³-hybridized carbons (Fsp3) is 0.182. The molecule has 0 saturated carbocycles. The predicted octanol–water partition coefficient (Wildman–Crippen LogP) is 4.61. The van der Waals surface area contributed by atoms with Gasteiger partial charge >= 0.3 is 0 Å². The van der Waals surface area contributed by atoms with E-state index in [1.54, 1.807) is 47.4 Å². The highest BCUT2D eigenvalue weighted by molar-refractivity contribution is 6.37. The lowest BCUT2D eigenvalue weighted by Crippen LogP contribution is -2.23. The van der Waals surface area contributed by atoms with Crippen LogP contribution in [-0.2, 0) is 6.61 Å². The Balaban J connectivity index is 1.54. The van der Waals surface area contributed by atoms with E-state index in [4.69, 9.17) is 27.9 Å². The molecule has 8 nitrogen and oxygen atoms in total. The highest BCUT2D eigenvalue weighted by Crippen LogP contribution is 2.27. The molecule has 0 aliphatic heterocycles. The number of amides is 1. The summed E-state index contributed by atoms with van der Waals surface area (Å²) in [5.41, 5.74) is 0.904. The number of aromatic nitrogens is 4. The van der Waals surface area contributed by atoms with Gasteiger partial charge in [0.25, 0.3) is 17.2 Å². The summed E-state index contributed by atoms with van der Waals surface area (Å²) in [6.07, 6.45) is 1.58. The van der Waals surface area contributed by atoms with Crippen LogP contribution in [0.25, 0.3) is 5.78 Å². The van der Waals surface area contributed by atoms with Gasteiger partial charge in [0.05, 0.1) is 22.0 Å². The Bertz CT molecular complexity index is 1360. The zero-order valence-electron chi connectivity index (χ0n) is 17.3. The number of nitrogens with zero attached hydrogens (tertiary/aromatic N) is 4. The fourth-order valence-electron chi connectivity index (χ4n) is 3.12. The van der Waals surface area contributed by atoms with Crippen molar-refractivity contribution in [3.8, 4) is 5.75 Å². The monoisotopic (exact) mass is 471 g/mol. The van der Waals surface area contributed by atoms with E-state index < -0.39 is 5.91 Å². The Morgan fingerprint density at radius 1 is 1.16 bits per heavy atom. The Hall–Kier alpha value is -3.36. The van der Waals surface area contributed by atoms with E-state index in [9.17, 15) is 9.59 Å². The van der Waals surface area contributed by atoms with Gasteiger partial charge in [-0.15, -0.1) is 0 Å². The average molecular weight is 472 g/mol. The zero-order chi connectivity index (χ0) is 22.8. The van der Waals surface area contributed by atoms with Crippen LogP contribution in [0.2, 0.25) is 10.0 Å². The number of nitrogens with one attached hydrogen (secondary N) is 1. The van der Waals surface area contributed by atoms with Gasteiger partial charge < -0.3 is 10.1 Å². The van der Waals surface area contributed by atoms with Gasteiger partial charge in [0.15, 0.2) is 0 Å². The van der Waals surface area contributed by atoms with E-state index in [1.807, 2.05) is 13.8 Å². The molecule has 4 rings (SSSR count). The van der Waals surface area contributed by atoms with Crippen molar-refractivity contribution < 1.29 is 9.53 Å². The number of rotatable bonds is 6. The standard InChI is InChI=1S/C22H19Cl2N5O3/c1-13(2)28-12-25-22-26-15(10-20(30)29(22)28)11-32-19-6-4-3-5-18(19)27-21(31)16-8-7-14(23)9-17(16)24/h3-10,12-13H,11H2,1-2H3,(H,27,31). The number of anilines is 1. The zero-order valence-corrected chi connectivity index (χ0v) is 18.8. The summed E-state index contributed by atoms with van der Waals surface area (Å²) in [5.74, 6) is 0.309. The number of fused-ring (bicyclic) bond motifs is 1. The van der Waals surface area contributed by atoms with Gasteiger partial charge in [-0.25, -0.2) is 4.98 Å². The molecule has 0 unspecified atom stereocenters. The first-order valence-electron chi connectivity index (χ1n) is 9.77. The van der Waals surface area contributed by atoms with Crippen molar-refractivity contribution in [3.05, 3.63) is 86.5 Å². The first-order chi connectivity index (χ1) is 15.3. The Labute approximate surface area is 193 Å². The first-order valence-corrected chi connectivity index (χ1v) is 10.5.